The number of epoxide rings is 1. The lowest BCUT2D eigenvalue weighted by atomic mass is 10.0. The van der Waals surface area contributed by atoms with Crippen LogP contribution in [0, 0.1) is 0 Å². The lowest BCUT2D eigenvalue weighted by molar-refractivity contribution is -0.118. The summed E-state index contributed by atoms with van der Waals surface area (Å²) in [6.45, 7) is 1.41. The third-order valence-electron chi connectivity index (χ3n) is 2.82. The zero-order chi connectivity index (χ0) is 13.3. The molecule has 0 N–H and O–H groups in total. The highest BCUT2D eigenvalue weighted by molar-refractivity contribution is 6.06. The molecule has 2 rings (SSSR count). The molecule has 1 saturated heterocycles. The van der Waals surface area contributed by atoms with Gasteiger partial charge in [0, 0.05) is 5.56 Å². The smallest absolute Gasteiger partial charge is 0.194 e. The average molecular weight is 250 g/mol. The molecule has 1 aromatic carbocycles. The van der Waals surface area contributed by atoms with Gasteiger partial charge < -0.3 is 14.2 Å². The van der Waals surface area contributed by atoms with E-state index < -0.39 is 12.2 Å². The van der Waals surface area contributed by atoms with Crippen molar-refractivity contribution in [2.24, 2.45) is 0 Å². The standard InChI is InChI=1S/C13H14O5/c1-7(14)12-13(18-12)11(15)8-4-5-9(16-2)10(6-8)17-3/h4-6,12-13H,1-3H3. The quantitative estimate of drug-likeness (QED) is 0.581. The van der Waals surface area contributed by atoms with Crippen LogP contribution in [0.5, 0.6) is 11.5 Å². The first-order valence-electron chi connectivity index (χ1n) is 5.50. The lowest BCUT2D eigenvalue weighted by Gasteiger charge is -2.08. The Morgan fingerprint density at radius 3 is 2.28 bits per heavy atom. The zero-order valence-electron chi connectivity index (χ0n) is 10.4. The molecule has 1 aliphatic rings. The Balaban J connectivity index is 2.19. The third kappa shape index (κ3) is 2.22. The van der Waals surface area contributed by atoms with Crippen molar-refractivity contribution in [3.63, 3.8) is 0 Å². The van der Waals surface area contributed by atoms with Crippen LogP contribution in [-0.2, 0) is 9.53 Å². The molecule has 96 valence electrons. The monoisotopic (exact) mass is 250 g/mol. The molecular formula is C13H14O5. The van der Waals surface area contributed by atoms with Crippen LogP contribution in [-0.4, -0.2) is 38.0 Å². The number of carbonyl (C=O) groups excluding carboxylic acids is 2. The molecule has 5 heteroatoms. The van der Waals surface area contributed by atoms with Crippen LogP contribution in [0.4, 0.5) is 0 Å². The molecule has 1 aromatic rings. The van der Waals surface area contributed by atoms with Crippen molar-refractivity contribution >= 4 is 11.6 Å². The molecule has 0 saturated carbocycles. The molecule has 0 amide bonds. The van der Waals surface area contributed by atoms with Gasteiger partial charge >= 0.3 is 0 Å². The normalized spacial score (nSPS) is 21.3. The van der Waals surface area contributed by atoms with Gasteiger partial charge in [-0.15, -0.1) is 0 Å². The molecule has 0 aromatic heterocycles. The van der Waals surface area contributed by atoms with Crippen LogP contribution in [0.2, 0.25) is 0 Å². The lowest BCUT2D eigenvalue weighted by Crippen LogP contribution is -2.14. The minimum atomic E-state index is -0.652. The summed E-state index contributed by atoms with van der Waals surface area (Å²) < 4.78 is 15.3. The SMILES string of the molecule is COc1ccc(C(=O)C2OC2C(C)=O)cc1OC. The Morgan fingerprint density at radius 1 is 1.11 bits per heavy atom. The van der Waals surface area contributed by atoms with Crippen LogP contribution in [0.1, 0.15) is 17.3 Å². The molecular weight excluding hydrogens is 236 g/mol. The second-order valence-electron chi connectivity index (χ2n) is 4.02. The van der Waals surface area contributed by atoms with E-state index in [9.17, 15) is 9.59 Å². The summed E-state index contributed by atoms with van der Waals surface area (Å²) in [4.78, 5) is 23.1. The molecule has 5 nitrogen and oxygen atoms in total. The topological polar surface area (TPSA) is 65.1 Å². The number of ether oxygens (including phenoxy) is 3. The van der Waals surface area contributed by atoms with Gasteiger partial charge in [-0.25, -0.2) is 0 Å². The van der Waals surface area contributed by atoms with Crippen molar-refractivity contribution in [1.82, 2.24) is 0 Å². The highest BCUT2D eigenvalue weighted by Gasteiger charge is 2.48. The summed E-state index contributed by atoms with van der Waals surface area (Å²) in [5, 5.41) is 0. The fourth-order valence-corrected chi connectivity index (χ4v) is 1.77. The van der Waals surface area contributed by atoms with E-state index in [1.54, 1.807) is 18.2 Å². The minimum Gasteiger partial charge on any atom is -0.493 e. The summed E-state index contributed by atoms with van der Waals surface area (Å²) in [5.41, 5.74) is 0.446. The van der Waals surface area contributed by atoms with E-state index in [1.807, 2.05) is 0 Å². The maximum absolute atomic E-state index is 12.0. The van der Waals surface area contributed by atoms with Gasteiger partial charge in [0.05, 0.1) is 14.2 Å². The number of carbonyl (C=O) groups is 2. The Morgan fingerprint density at radius 2 is 1.78 bits per heavy atom. The van der Waals surface area contributed by atoms with Gasteiger partial charge in [-0.05, 0) is 25.1 Å². The summed E-state index contributed by atoms with van der Waals surface area (Å²) >= 11 is 0. The summed E-state index contributed by atoms with van der Waals surface area (Å²) in [5.74, 6) is 0.683. The van der Waals surface area contributed by atoms with E-state index in [2.05, 4.69) is 0 Å². The largest absolute Gasteiger partial charge is 0.493 e. The van der Waals surface area contributed by atoms with Crippen molar-refractivity contribution in [3.8, 4) is 11.5 Å². The van der Waals surface area contributed by atoms with Gasteiger partial charge in [0.2, 0.25) is 0 Å². The van der Waals surface area contributed by atoms with Gasteiger partial charge in [-0.3, -0.25) is 9.59 Å². The second-order valence-corrected chi connectivity index (χ2v) is 4.02. The maximum Gasteiger partial charge on any atom is 0.194 e. The van der Waals surface area contributed by atoms with Crippen molar-refractivity contribution in [2.45, 2.75) is 19.1 Å². The highest BCUT2D eigenvalue weighted by Crippen LogP contribution is 2.31. The number of ketones is 2. The number of rotatable bonds is 5. The van der Waals surface area contributed by atoms with Crippen LogP contribution < -0.4 is 9.47 Å². The van der Waals surface area contributed by atoms with Gasteiger partial charge in [0.15, 0.2) is 35.3 Å². The van der Waals surface area contributed by atoms with E-state index in [4.69, 9.17) is 14.2 Å². The molecule has 2 unspecified atom stereocenters. The molecule has 1 heterocycles. The summed E-state index contributed by atoms with van der Waals surface area (Å²) in [6.07, 6.45) is -1.24. The molecule has 0 aliphatic carbocycles. The highest BCUT2D eigenvalue weighted by atomic mass is 16.6. The van der Waals surface area contributed by atoms with E-state index in [-0.39, 0.29) is 11.6 Å². The van der Waals surface area contributed by atoms with Crippen molar-refractivity contribution in [2.75, 3.05) is 14.2 Å². The number of methoxy groups -OCH3 is 2. The van der Waals surface area contributed by atoms with Gasteiger partial charge in [-0.1, -0.05) is 0 Å². The molecule has 0 bridgehead atoms. The molecule has 1 aliphatic heterocycles. The van der Waals surface area contributed by atoms with E-state index in [0.29, 0.717) is 17.1 Å². The molecule has 2 atom stereocenters. The number of hydrogen-bond acceptors (Lipinski definition) is 5. The number of benzene rings is 1. The Kier molecular flexibility index (Phi) is 3.34. The summed E-state index contributed by atoms with van der Waals surface area (Å²) in [6, 6.07) is 4.86. The third-order valence-corrected chi connectivity index (χ3v) is 2.82. The fraction of sp³-hybridized carbons (Fsp3) is 0.385. The Bertz CT molecular complexity index is 494. The van der Waals surface area contributed by atoms with Crippen LogP contribution >= 0.6 is 0 Å². The van der Waals surface area contributed by atoms with Crippen molar-refractivity contribution in [3.05, 3.63) is 23.8 Å². The van der Waals surface area contributed by atoms with Crippen molar-refractivity contribution in [1.29, 1.82) is 0 Å². The molecule has 18 heavy (non-hydrogen) atoms. The van der Waals surface area contributed by atoms with Gasteiger partial charge in [0.1, 0.15) is 0 Å². The van der Waals surface area contributed by atoms with E-state index in [1.165, 1.54) is 21.1 Å². The number of Topliss-reactive ketones (excluding diaryl/α,β-unsaturated/α-hetero) is 2. The average Bonchev–Trinajstić information content (AvgIpc) is 3.17. The van der Waals surface area contributed by atoms with Crippen LogP contribution in [0.3, 0.4) is 0 Å². The van der Waals surface area contributed by atoms with Crippen molar-refractivity contribution < 1.29 is 23.8 Å². The first kappa shape index (κ1) is 12.6. The van der Waals surface area contributed by atoms with E-state index >= 15 is 0 Å². The first-order chi connectivity index (χ1) is 8.58. The predicted molar refractivity (Wildman–Crippen MR) is 63.2 cm³/mol. The Labute approximate surface area is 105 Å². The second kappa shape index (κ2) is 4.78. The maximum atomic E-state index is 12.0. The summed E-state index contributed by atoms with van der Waals surface area (Å²) in [7, 11) is 3.02. The Hall–Kier alpha value is -1.88. The molecule has 0 radical (unpaired) electrons. The van der Waals surface area contributed by atoms with Gasteiger partial charge in [-0.2, -0.15) is 0 Å². The minimum absolute atomic E-state index is 0.131. The van der Waals surface area contributed by atoms with E-state index in [0.717, 1.165) is 0 Å². The van der Waals surface area contributed by atoms with Crippen LogP contribution in [0.25, 0.3) is 0 Å². The number of hydrogen-bond donors (Lipinski definition) is 0. The predicted octanol–water partition coefficient (Wildman–Crippen LogP) is 1.24. The first-order valence-corrected chi connectivity index (χ1v) is 5.50. The van der Waals surface area contributed by atoms with Crippen LogP contribution in [0.15, 0.2) is 18.2 Å². The molecule has 0 spiro atoms. The fourth-order valence-electron chi connectivity index (χ4n) is 1.77. The van der Waals surface area contributed by atoms with Gasteiger partial charge in [0.25, 0.3) is 0 Å². The zero-order valence-corrected chi connectivity index (χ0v) is 10.4. The molecule has 1 fully saturated rings.